The Morgan fingerprint density at radius 1 is 1.29 bits per heavy atom. The molecule has 11 heteroatoms. The third-order valence-electron chi connectivity index (χ3n) is 3.79. The number of aromatic nitrogens is 1. The Hall–Kier alpha value is -1.94. The molecule has 0 aromatic carbocycles. The predicted molar refractivity (Wildman–Crippen MR) is 72.6 cm³/mol. The van der Waals surface area contributed by atoms with Crippen LogP contribution in [-0.4, -0.2) is 53.8 Å². The summed E-state index contributed by atoms with van der Waals surface area (Å²) in [5.41, 5.74) is 0. The normalized spacial score (nSPS) is 22.8. The highest BCUT2D eigenvalue weighted by Gasteiger charge is 2.56. The SMILES string of the molecule is O=C1C(C2COC2)N(C(F)(F)F)C(=O)CN1c1ncc(Cl)cc1F. The maximum atomic E-state index is 14.0. The molecule has 1 atom stereocenters. The highest BCUT2D eigenvalue weighted by atomic mass is 35.5. The van der Waals surface area contributed by atoms with Crippen molar-refractivity contribution in [3.05, 3.63) is 23.1 Å². The van der Waals surface area contributed by atoms with E-state index in [1.165, 1.54) is 0 Å². The number of nitrogens with zero attached hydrogens (tertiary/aromatic N) is 3. The van der Waals surface area contributed by atoms with Crippen LogP contribution in [0.25, 0.3) is 0 Å². The van der Waals surface area contributed by atoms with Crippen LogP contribution >= 0.6 is 11.6 Å². The summed E-state index contributed by atoms with van der Waals surface area (Å²) in [6.45, 7) is -1.16. The first-order chi connectivity index (χ1) is 11.2. The number of pyridine rings is 1. The number of ether oxygens (including phenoxy) is 1. The van der Waals surface area contributed by atoms with Crippen molar-refractivity contribution in [2.45, 2.75) is 12.3 Å². The Bertz CT molecular complexity index is 696. The molecule has 1 aromatic rings. The Labute approximate surface area is 137 Å². The Balaban J connectivity index is 2.00. The van der Waals surface area contributed by atoms with Gasteiger partial charge in [-0.05, 0) is 6.07 Å². The lowest BCUT2D eigenvalue weighted by molar-refractivity contribution is -0.262. The lowest BCUT2D eigenvalue weighted by atomic mass is 9.93. The summed E-state index contributed by atoms with van der Waals surface area (Å²) in [5.74, 6) is -4.79. The van der Waals surface area contributed by atoms with E-state index in [0.717, 1.165) is 12.3 Å². The second kappa shape index (κ2) is 5.85. The van der Waals surface area contributed by atoms with Gasteiger partial charge in [-0.3, -0.25) is 14.5 Å². The molecule has 2 amide bonds. The molecule has 2 fully saturated rings. The fourth-order valence-corrected chi connectivity index (χ4v) is 2.79. The monoisotopic (exact) mass is 367 g/mol. The quantitative estimate of drug-likeness (QED) is 0.588. The fourth-order valence-electron chi connectivity index (χ4n) is 2.65. The van der Waals surface area contributed by atoms with Crippen LogP contribution < -0.4 is 4.90 Å². The van der Waals surface area contributed by atoms with E-state index >= 15 is 0 Å². The number of alkyl halides is 3. The molecule has 3 rings (SSSR count). The van der Waals surface area contributed by atoms with Crippen LogP contribution in [0.5, 0.6) is 0 Å². The van der Waals surface area contributed by atoms with Gasteiger partial charge < -0.3 is 4.74 Å². The van der Waals surface area contributed by atoms with Gasteiger partial charge in [0.05, 0.1) is 18.2 Å². The number of carbonyl (C=O) groups is 2. The van der Waals surface area contributed by atoms with Crippen molar-refractivity contribution in [2.75, 3.05) is 24.7 Å². The predicted octanol–water partition coefficient (Wildman–Crippen LogP) is 1.58. The number of halogens is 5. The third-order valence-corrected chi connectivity index (χ3v) is 3.99. The number of hydrogen-bond acceptors (Lipinski definition) is 4. The zero-order valence-electron chi connectivity index (χ0n) is 11.9. The molecule has 1 aromatic heterocycles. The van der Waals surface area contributed by atoms with Gasteiger partial charge in [-0.15, -0.1) is 13.2 Å². The maximum Gasteiger partial charge on any atom is 0.487 e. The van der Waals surface area contributed by atoms with Gasteiger partial charge in [-0.2, -0.15) is 0 Å². The zero-order chi connectivity index (χ0) is 17.6. The van der Waals surface area contributed by atoms with Crippen LogP contribution in [-0.2, 0) is 14.3 Å². The van der Waals surface area contributed by atoms with Gasteiger partial charge in [-0.25, -0.2) is 14.3 Å². The number of piperazine rings is 1. The van der Waals surface area contributed by atoms with E-state index in [1.54, 1.807) is 0 Å². The molecule has 2 aliphatic heterocycles. The average Bonchev–Trinajstić information content (AvgIpc) is 2.39. The van der Waals surface area contributed by atoms with Crippen molar-refractivity contribution in [1.29, 1.82) is 0 Å². The van der Waals surface area contributed by atoms with E-state index in [-0.39, 0.29) is 18.2 Å². The number of anilines is 1. The topological polar surface area (TPSA) is 62.7 Å². The smallest absolute Gasteiger partial charge is 0.380 e. The van der Waals surface area contributed by atoms with Gasteiger partial charge >= 0.3 is 6.30 Å². The lowest BCUT2D eigenvalue weighted by Crippen LogP contribution is -2.68. The fraction of sp³-hybridized carbons (Fsp3) is 0.462. The molecule has 0 bridgehead atoms. The zero-order valence-corrected chi connectivity index (χ0v) is 12.6. The molecule has 0 N–H and O–H groups in total. The van der Waals surface area contributed by atoms with E-state index < -0.39 is 53.2 Å². The highest BCUT2D eigenvalue weighted by Crippen LogP contribution is 2.35. The third kappa shape index (κ3) is 2.80. The summed E-state index contributed by atoms with van der Waals surface area (Å²) in [6.07, 6.45) is -3.99. The minimum Gasteiger partial charge on any atom is -0.380 e. The van der Waals surface area contributed by atoms with Crippen molar-refractivity contribution in [3.63, 3.8) is 0 Å². The highest BCUT2D eigenvalue weighted by molar-refractivity contribution is 6.30. The standard InChI is InChI=1S/C13H10ClF4N3O3/c14-7-1-8(15)11(19-2-7)20-3-9(22)21(13(16,17)18)10(12(20)23)6-4-24-5-6/h1-2,6,10H,3-5H2. The molecule has 24 heavy (non-hydrogen) atoms. The van der Waals surface area contributed by atoms with Crippen molar-refractivity contribution in [2.24, 2.45) is 5.92 Å². The molecular weight excluding hydrogens is 358 g/mol. The largest absolute Gasteiger partial charge is 0.487 e. The van der Waals surface area contributed by atoms with Gasteiger partial charge in [0.15, 0.2) is 11.6 Å². The van der Waals surface area contributed by atoms with Crippen molar-refractivity contribution >= 4 is 29.2 Å². The van der Waals surface area contributed by atoms with Gasteiger partial charge in [0.25, 0.3) is 5.91 Å². The first-order valence-corrected chi connectivity index (χ1v) is 7.17. The molecule has 6 nitrogen and oxygen atoms in total. The molecule has 0 spiro atoms. The molecule has 3 heterocycles. The summed E-state index contributed by atoms with van der Waals surface area (Å²) < 4.78 is 58.4. The molecular formula is C13H10ClF4N3O3. The second-order valence-corrected chi connectivity index (χ2v) is 5.79. The Morgan fingerprint density at radius 2 is 1.96 bits per heavy atom. The summed E-state index contributed by atoms with van der Waals surface area (Å²) >= 11 is 5.57. The van der Waals surface area contributed by atoms with Gasteiger partial charge in [-0.1, -0.05) is 11.6 Å². The molecule has 2 aliphatic rings. The van der Waals surface area contributed by atoms with E-state index in [4.69, 9.17) is 16.3 Å². The minimum absolute atomic E-state index is 0.0482. The van der Waals surface area contributed by atoms with Gasteiger partial charge in [0.1, 0.15) is 12.6 Å². The van der Waals surface area contributed by atoms with E-state index in [9.17, 15) is 27.2 Å². The minimum atomic E-state index is -5.02. The summed E-state index contributed by atoms with van der Waals surface area (Å²) in [5, 5.41) is -0.0482. The number of hydrogen-bond donors (Lipinski definition) is 0. The van der Waals surface area contributed by atoms with Gasteiger partial charge in [0.2, 0.25) is 5.91 Å². The summed E-state index contributed by atoms with van der Waals surface area (Å²) in [7, 11) is 0. The van der Waals surface area contributed by atoms with Crippen LogP contribution in [0.4, 0.5) is 23.4 Å². The molecule has 0 aliphatic carbocycles. The van der Waals surface area contributed by atoms with E-state index in [2.05, 4.69) is 4.98 Å². The lowest BCUT2D eigenvalue weighted by Gasteiger charge is -2.45. The Kier molecular flexibility index (Phi) is 4.12. The van der Waals surface area contributed by atoms with Crippen LogP contribution in [0.2, 0.25) is 5.02 Å². The molecule has 0 radical (unpaired) electrons. The molecule has 2 saturated heterocycles. The molecule has 130 valence electrons. The van der Waals surface area contributed by atoms with Crippen LogP contribution in [0.15, 0.2) is 12.3 Å². The van der Waals surface area contributed by atoms with Crippen molar-refractivity contribution < 1.29 is 31.9 Å². The first-order valence-electron chi connectivity index (χ1n) is 6.79. The first kappa shape index (κ1) is 16.9. The van der Waals surface area contributed by atoms with Crippen molar-refractivity contribution in [1.82, 2.24) is 9.88 Å². The van der Waals surface area contributed by atoms with Crippen LogP contribution in [0, 0.1) is 11.7 Å². The van der Waals surface area contributed by atoms with Crippen LogP contribution in [0.1, 0.15) is 0 Å². The summed E-state index contributed by atoms with van der Waals surface area (Å²) in [6, 6.07) is -0.948. The van der Waals surface area contributed by atoms with Crippen LogP contribution in [0.3, 0.4) is 0 Å². The number of amides is 2. The summed E-state index contributed by atoms with van der Waals surface area (Å²) in [4.78, 5) is 28.4. The number of rotatable bonds is 2. The van der Waals surface area contributed by atoms with E-state index in [1.807, 2.05) is 0 Å². The number of carbonyl (C=O) groups excluding carboxylic acids is 2. The average molecular weight is 368 g/mol. The van der Waals surface area contributed by atoms with E-state index in [0.29, 0.717) is 4.90 Å². The van der Waals surface area contributed by atoms with Crippen molar-refractivity contribution in [3.8, 4) is 0 Å². The second-order valence-electron chi connectivity index (χ2n) is 5.36. The maximum absolute atomic E-state index is 14.0. The molecule has 0 saturated carbocycles. The molecule has 1 unspecified atom stereocenters. The van der Waals surface area contributed by atoms with Gasteiger partial charge in [0, 0.05) is 12.1 Å². The Morgan fingerprint density at radius 3 is 2.46 bits per heavy atom.